The molecule has 1 N–H and O–H groups in total. The van der Waals surface area contributed by atoms with Crippen LogP contribution in [-0.2, 0) is 16.0 Å². The van der Waals surface area contributed by atoms with Crippen molar-refractivity contribution in [2.24, 2.45) is 0 Å². The second kappa shape index (κ2) is 7.17. The summed E-state index contributed by atoms with van der Waals surface area (Å²) in [5.74, 6) is 0.247. The monoisotopic (exact) mass is 324 g/mol. The van der Waals surface area contributed by atoms with Gasteiger partial charge in [0.2, 0.25) is 5.91 Å². The molecule has 3 rings (SSSR count). The number of nitrogens with zero attached hydrogens (tertiary/aromatic N) is 1. The van der Waals surface area contributed by atoms with Crippen molar-refractivity contribution < 1.29 is 14.3 Å². The number of rotatable bonds is 5. The molecule has 1 heterocycles. The molecule has 1 aliphatic rings. The summed E-state index contributed by atoms with van der Waals surface area (Å²) >= 11 is 0. The van der Waals surface area contributed by atoms with Crippen LogP contribution < -0.4 is 15.0 Å². The number of hydrogen-bond donors (Lipinski definition) is 1. The summed E-state index contributed by atoms with van der Waals surface area (Å²) < 4.78 is 5.57. The van der Waals surface area contributed by atoms with E-state index in [1.54, 1.807) is 19.1 Å². The van der Waals surface area contributed by atoms with Crippen LogP contribution in [0.4, 0.5) is 5.69 Å². The number of ether oxygens (including phenoxy) is 1. The van der Waals surface area contributed by atoms with Gasteiger partial charge in [0.15, 0.2) is 6.10 Å². The van der Waals surface area contributed by atoms with Gasteiger partial charge in [-0.3, -0.25) is 14.5 Å². The van der Waals surface area contributed by atoms with Gasteiger partial charge in [-0.2, -0.15) is 0 Å². The summed E-state index contributed by atoms with van der Waals surface area (Å²) in [6.07, 6.45) is 0.174. The first-order valence-electron chi connectivity index (χ1n) is 8.03. The third-order valence-corrected chi connectivity index (χ3v) is 3.95. The normalized spacial score (nSPS) is 16.3. The fourth-order valence-corrected chi connectivity index (χ4v) is 2.71. The van der Waals surface area contributed by atoms with Crippen LogP contribution in [0.2, 0.25) is 0 Å². The van der Waals surface area contributed by atoms with Crippen LogP contribution in [0.3, 0.4) is 0 Å². The summed E-state index contributed by atoms with van der Waals surface area (Å²) in [5, 5.41) is 2.87. The molecular formula is C19H20N2O3. The number of benzene rings is 2. The Morgan fingerprint density at radius 1 is 1.12 bits per heavy atom. The maximum Gasteiger partial charge on any atom is 0.268 e. The fourth-order valence-electron chi connectivity index (χ4n) is 2.71. The predicted octanol–water partition coefficient (Wildman–Crippen LogP) is 2.16. The minimum atomic E-state index is -0.586. The Morgan fingerprint density at radius 3 is 2.62 bits per heavy atom. The average Bonchev–Trinajstić information content (AvgIpc) is 2.60. The SMILES string of the molecule is C[C@@H]1Oc2ccccc2N(CC(=O)NCCc2ccccc2)C1=O. The van der Waals surface area contributed by atoms with Crippen molar-refractivity contribution in [3.05, 3.63) is 60.2 Å². The van der Waals surface area contributed by atoms with E-state index in [2.05, 4.69) is 5.32 Å². The zero-order valence-electron chi connectivity index (χ0n) is 13.6. The highest BCUT2D eigenvalue weighted by Gasteiger charge is 2.32. The number of anilines is 1. The van der Waals surface area contributed by atoms with Gasteiger partial charge in [0.1, 0.15) is 12.3 Å². The van der Waals surface area contributed by atoms with Gasteiger partial charge in [0.05, 0.1) is 5.69 Å². The number of hydrogen-bond acceptors (Lipinski definition) is 3. The number of fused-ring (bicyclic) bond motifs is 1. The highest BCUT2D eigenvalue weighted by atomic mass is 16.5. The first-order valence-corrected chi connectivity index (χ1v) is 8.03. The fraction of sp³-hybridized carbons (Fsp3) is 0.263. The Balaban J connectivity index is 1.60. The Hall–Kier alpha value is -2.82. The maximum absolute atomic E-state index is 12.3. The van der Waals surface area contributed by atoms with Gasteiger partial charge in [-0.1, -0.05) is 42.5 Å². The van der Waals surface area contributed by atoms with Gasteiger partial charge in [0, 0.05) is 6.54 Å². The van der Waals surface area contributed by atoms with Crippen molar-refractivity contribution in [3.63, 3.8) is 0 Å². The van der Waals surface area contributed by atoms with Crippen molar-refractivity contribution >= 4 is 17.5 Å². The van der Waals surface area contributed by atoms with E-state index >= 15 is 0 Å². The molecule has 2 aromatic rings. The number of carbonyl (C=O) groups is 2. The maximum atomic E-state index is 12.3. The molecule has 2 aromatic carbocycles. The van der Waals surface area contributed by atoms with E-state index in [1.807, 2.05) is 42.5 Å². The molecule has 0 saturated heterocycles. The summed E-state index contributed by atoms with van der Waals surface area (Å²) in [7, 11) is 0. The third kappa shape index (κ3) is 3.56. The van der Waals surface area contributed by atoms with Crippen LogP contribution >= 0.6 is 0 Å². The minimum absolute atomic E-state index is 0.00165. The minimum Gasteiger partial charge on any atom is -0.479 e. The summed E-state index contributed by atoms with van der Waals surface area (Å²) in [5.41, 5.74) is 1.80. The zero-order chi connectivity index (χ0) is 16.9. The lowest BCUT2D eigenvalue weighted by molar-refractivity contribution is -0.128. The van der Waals surface area contributed by atoms with Crippen LogP contribution in [0.25, 0.3) is 0 Å². The molecule has 0 aliphatic carbocycles. The predicted molar refractivity (Wildman–Crippen MR) is 92.0 cm³/mol. The molecule has 2 amide bonds. The molecule has 1 aliphatic heterocycles. The molecule has 0 saturated carbocycles. The molecular weight excluding hydrogens is 304 g/mol. The van der Waals surface area contributed by atoms with Crippen molar-refractivity contribution in [1.82, 2.24) is 5.32 Å². The van der Waals surface area contributed by atoms with E-state index < -0.39 is 6.10 Å². The first-order chi connectivity index (χ1) is 11.6. The van der Waals surface area contributed by atoms with Crippen molar-refractivity contribution in [2.45, 2.75) is 19.4 Å². The number of carbonyl (C=O) groups excluding carboxylic acids is 2. The Morgan fingerprint density at radius 2 is 1.83 bits per heavy atom. The summed E-state index contributed by atoms with van der Waals surface area (Å²) in [6, 6.07) is 17.2. The van der Waals surface area contributed by atoms with Gasteiger partial charge < -0.3 is 10.1 Å². The van der Waals surface area contributed by atoms with Crippen molar-refractivity contribution in [3.8, 4) is 5.75 Å². The lowest BCUT2D eigenvalue weighted by atomic mass is 10.1. The lowest BCUT2D eigenvalue weighted by Crippen LogP contribution is -2.49. The van der Waals surface area contributed by atoms with E-state index in [4.69, 9.17) is 4.74 Å². The van der Waals surface area contributed by atoms with E-state index in [0.717, 1.165) is 6.42 Å². The molecule has 0 aromatic heterocycles. The second-order valence-electron chi connectivity index (χ2n) is 5.74. The molecule has 124 valence electrons. The average molecular weight is 324 g/mol. The number of para-hydroxylation sites is 2. The van der Waals surface area contributed by atoms with Gasteiger partial charge in [-0.05, 0) is 31.0 Å². The summed E-state index contributed by atoms with van der Waals surface area (Å²) in [6.45, 7) is 2.23. The van der Waals surface area contributed by atoms with E-state index in [9.17, 15) is 9.59 Å². The van der Waals surface area contributed by atoms with Crippen molar-refractivity contribution in [2.75, 3.05) is 18.0 Å². The molecule has 0 spiro atoms. The second-order valence-corrected chi connectivity index (χ2v) is 5.74. The molecule has 0 fully saturated rings. The molecule has 24 heavy (non-hydrogen) atoms. The van der Waals surface area contributed by atoms with Gasteiger partial charge >= 0.3 is 0 Å². The van der Waals surface area contributed by atoms with Crippen LogP contribution in [0.1, 0.15) is 12.5 Å². The number of nitrogens with one attached hydrogen (secondary N) is 1. The molecule has 5 heteroatoms. The van der Waals surface area contributed by atoms with E-state index in [0.29, 0.717) is 18.0 Å². The topological polar surface area (TPSA) is 58.6 Å². The van der Waals surface area contributed by atoms with Crippen molar-refractivity contribution in [1.29, 1.82) is 0 Å². The molecule has 0 radical (unpaired) electrons. The van der Waals surface area contributed by atoms with Gasteiger partial charge in [-0.25, -0.2) is 0 Å². The van der Waals surface area contributed by atoms with E-state index in [1.165, 1.54) is 10.5 Å². The van der Waals surface area contributed by atoms with Crippen LogP contribution in [0.5, 0.6) is 5.75 Å². The molecule has 1 atom stereocenters. The molecule has 5 nitrogen and oxygen atoms in total. The lowest BCUT2D eigenvalue weighted by Gasteiger charge is -2.32. The molecule has 0 bridgehead atoms. The largest absolute Gasteiger partial charge is 0.479 e. The van der Waals surface area contributed by atoms with Gasteiger partial charge in [0.25, 0.3) is 5.91 Å². The summed E-state index contributed by atoms with van der Waals surface area (Å²) in [4.78, 5) is 26.0. The highest BCUT2D eigenvalue weighted by Crippen LogP contribution is 2.33. The van der Waals surface area contributed by atoms with Crippen LogP contribution in [0, 0.1) is 0 Å². The first kappa shape index (κ1) is 16.1. The van der Waals surface area contributed by atoms with Crippen LogP contribution in [0.15, 0.2) is 54.6 Å². The van der Waals surface area contributed by atoms with Crippen LogP contribution in [-0.4, -0.2) is 31.0 Å². The number of amides is 2. The zero-order valence-corrected chi connectivity index (χ0v) is 13.6. The standard InChI is InChI=1S/C19H20N2O3/c1-14-19(23)21(16-9-5-6-10-17(16)24-14)13-18(22)20-12-11-15-7-3-2-4-8-15/h2-10,14H,11-13H2,1H3,(H,20,22)/t14-/m0/s1. The molecule has 0 unspecified atom stereocenters. The smallest absolute Gasteiger partial charge is 0.268 e. The van der Waals surface area contributed by atoms with Gasteiger partial charge in [-0.15, -0.1) is 0 Å². The quantitative estimate of drug-likeness (QED) is 0.917. The Kier molecular flexibility index (Phi) is 4.79. The highest BCUT2D eigenvalue weighted by molar-refractivity contribution is 6.03. The van der Waals surface area contributed by atoms with E-state index in [-0.39, 0.29) is 18.4 Å². The third-order valence-electron chi connectivity index (χ3n) is 3.95. The Bertz CT molecular complexity index is 730. The Labute approximate surface area is 141 Å².